The number of rotatable bonds is 5. The van der Waals surface area contributed by atoms with Gasteiger partial charge in [-0.15, -0.1) is 0 Å². The average Bonchev–Trinajstić information content (AvgIpc) is 2.96. The molecule has 1 aliphatic heterocycles. The Hall–Kier alpha value is -2.18. The molecule has 2 heterocycles. The van der Waals surface area contributed by atoms with Crippen LogP contribution in [-0.2, 0) is 9.53 Å². The van der Waals surface area contributed by atoms with Gasteiger partial charge in [-0.3, -0.25) is 14.5 Å². The first kappa shape index (κ1) is 15.7. The molecule has 1 saturated heterocycles. The first-order valence-electron chi connectivity index (χ1n) is 7.66. The molecule has 1 aromatic carbocycles. The van der Waals surface area contributed by atoms with Crippen LogP contribution in [-0.4, -0.2) is 49.5 Å². The highest BCUT2D eigenvalue weighted by atomic mass is 16.5. The molecule has 6 nitrogen and oxygen atoms in total. The van der Waals surface area contributed by atoms with Crippen molar-refractivity contribution in [2.24, 2.45) is 0 Å². The molecule has 0 aliphatic carbocycles. The van der Waals surface area contributed by atoms with E-state index < -0.39 is 5.97 Å². The van der Waals surface area contributed by atoms with Crippen LogP contribution < -0.4 is 4.74 Å². The van der Waals surface area contributed by atoms with Crippen LogP contribution in [0.1, 0.15) is 23.7 Å². The number of fused-ring (bicyclic) bond motifs is 1. The van der Waals surface area contributed by atoms with Gasteiger partial charge in [-0.05, 0) is 18.2 Å². The number of morpholine rings is 1. The van der Waals surface area contributed by atoms with Gasteiger partial charge in [0.15, 0.2) is 5.78 Å². The molecule has 0 atom stereocenters. The Labute approximate surface area is 133 Å². The summed E-state index contributed by atoms with van der Waals surface area (Å²) in [6.07, 6.45) is 1.90. The maximum absolute atomic E-state index is 12.5. The normalized spacial score (nSPS) is 15.7. The number of esters is 1. The first-order chi connectivity index (χ1) is 11.1. The number of Topliss-reactive ketones (excluding diaryl/α,β-unsaturated/α-hetero) is 1. The lowest BCUT2D eigenvalue weighted by atomic mass is 10.1. The van der Waals surface area contributed by atoms with Crippen molar-refractivity contribution in [3.05, 3.63) is 30.0 Å². The third kappa shape index (κ3) is 3.78. The van der Waals surface area contributed by atoms with Crippen LogP contribution >= 0.6 is 0 Å². The van der Waals surface area contributed by atoms with Gasteiger partial charge in [-0.25, -0.2) is 0 Å². The molecule has 0 saturated carbocycles. The molecule has 23 heavy (non-hydrogen) atoms. The molecule has 0 N–H and O–H groups in total. The second kappa shape index (κ2) is 6.93. The van der Waals surface area contributed by atoms with Crippen molar-refractivity contribution >= 4 is 22.7 Å². The predicted octanol–water partition coefficient (Wildman–Crippen LogP) is 2.26. The average molecular weight is 317 g/mol. The Kier molecular flexibility index (Phi) is 4.73. The molecule has 0 unspecified atom stereocenters. The van der Waals surface area contributed by atoms with Gasteiger partial charge < -0.3 is 13.9 Å². The van der Waals surface area contributed by atoms with Crippen LogP contribution in [0.25, 0.3) is 11.0 Å². The fourth-order valence-corrected chi connectivity index (χ4v) is 2.67. The topological polar surface area (TPSA) is 69.0 Å². The van der Waals surface area contributed by atoms with Crippen molar-refractivity contribution in [1.29, 1.82) is 0 Å². The number of hydrogen-bond donors (Lipinski definition) is 0. The Morgan fingerprint density at radius 1 is 1.26 bits per heavy atom. The third-order valence-corrected chi connectivity index (χ3v) is 3.87. The van der Waals surface area contributed by atoms with Crippen molar-refractivity contribution in [1.82, 2.24) is 4.90 Å². The molecule has 0 spiro atoms. The van der Waals surface area contributed by atoms with Gasteiger partial charge in [0.05, 0.1) is 18.8 Å². The van der Waals surface area contributed by atoms with Crippen LogP contribution in [0.2, 0.25) is 0 Å². The van der Waals surface area contributed by atoms with Gasteiger partial charge in [-0.1, -0.05) is 0 Å². The van der Waals surface area contributed by atoms with Crippen molar-refractivity contribution < 1.29 is 23.5 Å². The van der Waals surface area contributed by atoms with E-state index in [0.29, 0.717) is 48.5 Å². The lowest BCUT2D eigenvalue weighted by molar-refractivity contribution is -0.131. The summed E-state index contributed by atoms with van der Waals surface area (Å²) in [6, 6.07) is 5.02. The van der Waals surface area contributed by atoms with Gasteiger partial charge in [0, 0.05) is 38.4 Å². The summed E-state index contributed by atoms with van der Waals surface area (Å²) in [5, 5.41) is 0.677. The summed E-state index contributed by atoms with van der Waals surface area (Å²) in [6.45, 7) is 5.20. The molecule has 1 aromatic heterocycles. The number of hydrogen-bond acceptors (Lipinski definition) is 6. The highest BCUT2D eigenvalue weighted by Gasteiger charge is 2.17. The minimum Gasteiger partial charge on any atom is -0.464 e. The van der Waals surface area contributed by atoms with E-state index in [2.05, 4.69) is 4.90 Å². The van der Waals surface area contributed by atoms with E-state index in [-0.39, 0.29) is 5.78 Å². The van der Waals surface area contributed by atoms with E-state index >= 15 is 0 Å². The van der Waals surface area contributed by atoms with E-state index in [4.69, 9.17) is 13.9 Å². The van der Waals surface area contributed by atoms with Crippen LogP contribution in [0.15, 0.2) is 28.9 Å². The van der Waals surface area contributed by atoms with Crippen molar-refractivity contribution in [3.8, 4) is 5.75 Å². The SMILES string of the molecule is CC(=O)Oc1ccc2occ(C(=O)CCN3CCOCC3)c2c1. The molecule has 1 fully saturated rings. The Morgan fingerprint density at radius 2 is 2.04 bits per heavy atom. The molecule has 122 valence electrons. The van der Waals surface area contributed by atoms with Crippen LogP contribution in [0.3, 0.4) is 0 Å². The lowest BCUT2D eigenvalue weighted by Gasteiger charge is -2.26. The van der Waals surface area contributed by atoms with Gasteiger partial charge in [0.25, 0.3) is 0 Å². The van der Waals surface area contributed by atoms with E-state index in [1.165, 1.54) is 13.2 Å². The first-order valence-corrected chi connectivity index (χ1v) is 7.66. The summed E-state index contributed by atoms with van der Waals surface area (Å²) in [4.78, 5) is 25.7. The largest absolute Gasteiger partial charge is 0.464 e. The summed E-state index contributed by atoms with van der Waals surface area (Å²) >= 11 is 0. The van der Waals surface area contributed by atoms with Crippen LogP contribution in [0.4, 0.5) is 0 Å². The van der Waals surface area contributed by atoms with Gasteiger partial charge in [0.2, 0.25) is 0 Å². The number of benzene rings is 1. The second-order valence-corrected chi connectivity index (χ2v) is 5.53. The molecule has 0 bridgehead atoms. The van der Waals surface area contributed by atoms with E-state index in [1.54, 1.807) is 18.2 Å². The fraction of sp³-hybridized carbons (Fsp3) is 0.412. The maximum Gasteiger partial charge on any atom is 0.308 e. The zero-order chi connectivity index (χ0) is 16.2. The maximum atomic E-state index is 12.5. The zero-order valence-corrected chi connectivity index (χ0v) is 13.0. The monoisotopic (exact) mass is 317 g/mol. The van der Waals surface area contributed by atoms with Gasteiger partial charge in [0.1, 0.15) is 17.6 Å². The number of ether oxygens (including phenoxy) is 2. The zero-order valence-electron chi connectivity index (χ0n) is 13.0. The number of carbonyl (C=O) groups is 2. The third-order valence-electron chi connectivity index (χ3n) is 3.87. The van der Waals surface area contributed by atoms with Crippen LogP contribution in [0, 0.1) is 0 Å². The summed E-state index contributed by atoms with van der Waals surface area (Å²) in [7, 11) is 0. The van der Waals surface area contributed by atoms with E-state index in [9.17, 15) is 9.59 Å². The predicted molar refractivity (Wildman–Crippen MR) is 83.7 cm³/mol. The quantitative estimate of drug-likeness (QED) is 0.479. The minimum absolute atomic E-state index is 0.0233. The molecular weight excluding hydrogens is 298 g/mol. The van der Waals surface area contributed by atoms with Crippen molar-refractivity contribution in [2.45, 2.75) is 13.3 Å². The Bertz CT molecular complexity index is 715. The highest BCUT2D eigenvalue weighted by molar-refractivity contribution is 6.07. The molecule has 0 radical (unpaired) electrons. The summed E-state index contributed by atoms with van der Waals surface area (Å²) < 4.78 is 15.8. The highest BCUT2D eigenvalue weighted by Crippen LogP contribution is 2.27. The number of furan rings is 1. The van der Waals surface area contributed by atoms with E-state index in [1.807, 2.05) is 0 Å². The minimum atomic E-state index is -0.395. The summed E-state index contributed by atoms with van der Waals surface area (Å²) in [5.74, 6) is 0.0388. The Balaban J connectivity index is 1.72. The molecule has 6 heteroatoms. The van der Waals surface area contributed by atoms with Gasteiger partial charge in [-0.2, -0.15) is 0 Å². The second-order valence-electron chi connectivity index (χ2n) is 5.53. The number of carbonyl (C=O) groups excluding carboxylic acids is 2. The van der Waals surface area contributed by atoms with Crippen molar-refractivity contribution in [2.75, 3.05) is 32.8 Å². The fourth-order valence-electron chi connectivity index (χ4n) is 2.67. The molecular formula is C17H19NO5. The lowest BCUT2D eigenvalue weighted by Crippen LogP contribution is -2.37. The molecule has 3 rings (SSSR count). The standard InChI is InChI=1S/C17H19NO5/c1-12(19)23-13-2-3-17-14(10-13)15(11-22-17)16(20)4-5-18-6-8-21-9-7-18/h2-3,10-11H,4-9H2,1H3. The summed E-state index contributed by atoms with van der Waals surface area (Å²) in [5.41, 5.74) is 1.14. The molecule has 1 aliphatic rings. The van der Waals surface area contributed by atoms with Crippen molar-refractivity contribution in [3.63, 3.8) is 0 Å². The van der Waals surface area contributed by atoms with E-state index in [0.717, 1.165) is 13.1 Å². The molecule has 2 aromatic rings. The van der Waals surface area contributed by atoms with Crippen LogP contribution in [0.5, 0.6) is 5.75 Å². The Morgan fingerprint density at radius 3 is 2.78 bits per heavy atom. The number of nitrogens with zero attached hydrogens (tertiary/aromatic N) is 1. The molecule has 0 amide bonds. The van der Waals surface area contributed by atoms with Gasteiger partial charge >= 0.3 is 5.97 Å². The smallest absolute Gasteiger partial charge is 0.308 e. The number of ketones is 1.